The molecule has 0 amide bonds. The van der Waals surface area contributed by atoms with Gasteiger partial charge in [0.15, 0.2) is 0 Å². The topological polar surface area (TPSA) is 51.5 Å². The third kappa shape index (κ3) is 3.13. The van der Waals surface area contributed by atoms with Crippen LogP contribution in [0.15, 0.2) is 10.9 Å². The summed E-state index contributed by atoms with van der Waals surface area (Å²) in [5.41, 5.74) is 1.76. The second kappa shape index (κ2) is 6.10. The van der Waals surface area contributed by atoms with Crippen LogP contribution in [0.4, 0.5) is 0 Å². The van der Waals surface area contributed by atoms with Crippen LogP contribution in [0.2, 0.25) is 0 Å². The number of aromatic nitrogens is 1. The van der Waals surface area contributed by atoms with Crippen LogP contribution in [0.3, 0.4) is 0 Å². The Morgan fingerprint density at radius 1 is 1.35 bits per heavy atom. The van der Waals surface area contributed by atoms with Crippen molar-refractivity contribution >= 4 is 0 Å². The van der Waals surface area contributed by atoms with Gasteiger partial charge in [-0.2, -0.15) is 0 Å². The van der Waals surface area contributed by atoms with Gasteiger partial charge in [0.2, 0.25) is 0 Å². The summed E-state index contributed by atoms with van der Waals surface area (Å²) < 4.78 is 6.94. The van der Waals surface area contributed by atoms with Gasteiger partial charge in [-0.05, 0) is 57.6 Å². The van der Waals surface area contributed by atoms with Crippen LogP contribution in [-0.4, -0.2) is 23.4 Å². The highest BCUT2D eigenvalue weighted by atomic mass is 16.5. The lowest BCUT2D eigenvalue weighted by molar-refractivity contribution is 0.0761. The lowest BCUT2D eigenvalue weighted by Gasteiger charge is -2.26. The summed E-state index contributed by atoms with van der Waals surface area (Å²) in [4.78, 5) is 12.6. The van der Waals surface area contributed by atoms with Gasteiger partial charge in [0.25, 0.3) is 5.56 Å². The lowest BCUT2D eigenvalue weighted by Crippen LogP contribution is -2.35. The minimum atomic E-state index is -1.09. The highest BCUT2D eigenvalue weighted by Crippen LogP contribution is 2.25. The van der Waals surface area contributed by atoms with E-state index < -0.39 is 5.60 Å². The Kier molecular flexibility index (Phi) is 4.66. The maximum atomic E-state index is 12.6. The Labute approximate surface area is 120 Å². The summed E-state index contributed by atoms with van der Waals surface area (Å²) in [5.74, 6) is 0. The number of hydrogen-bond acceptors (Lipinski definition) is 3. The van der Waals surface area contributed by atoms with Crippen LogP contribution in [0.5, 0.6) is 0 Å². The number of rotatable bonds is 5. The Morgan fingerprint density at radius 3 is 2.70 bits per heavy atom. The maximum Gasteiger partial charge on any atom is 0.256 e. The molecule has 1 aromatic rings. The molecule has 0 saturated carbocycles. The number of aryl methyl sites for hydroxylation is 1. The predicted molar refractivity (Wildman–Crippen MR) is 79.1 cm³/mol. The van der Waals surface area contributed by atoms with E-state index in [-0.39, 0.29) is 5.56 Å². The van der Waals surface area contributed by atoms with E-state index in [0.717, 1.165) is 37.8 Å². The van der Waals surface area contributed by atoms with Crippen molar-refractivity contribution < 1.29 is 9.84 Å². The Bertz CT molecular complexity index is 526. The molecule has 112 valence electrons. The highest BCUT2D eigenvalue weighted by molar-refractivity contribution is 5.31. The molecule has 0 spiro atoms. The van der Waals surface area contributed by atoms with Gasteiger partial charge in [-0.25, -0.2) is 0 Å². The van der Waals surface area contributed by atoms with Gasteiger partial charge in [-0.3, -0.25) is 4.79 Å². The van der Waals surface area contributed by atoms with Crippen LogP contribution in [-0.2, 0) is 29.7 Å². The van der Waals surface area contributed by atoms with Gasteiger partial charge >= 0.3 is 0 Å². The number of methoxy groups -OCH3 is 1. The molecule has 0 bridgehead atoms. The summed E-state index contributed by atoms with van der Waals surface area (Å²) in [6.45, 7) is 4.67. The van der Waals surface area contributed by atoms with Gasteiger partial charge in [0.1, 0.15) is 0 Å². The zero-order valence-electron chi connectivity index (χ0n) is 12.7. The number of ether oxygens (including phenoxy) is 1. The molecule has 2 rings (SSSR count). The van der Waals surface area contributed by atoms with Crippen molar-refractivity contribution in [3.63, 3.8) is 0 Å². The van der Waals surface area contributed by atoms with Crippen LogP contribution in [0.1, 0.15) is 49.9 Å². The third-order valence-electron chi connectivity index (χ3n) is 3.99. The van der Waals surface area contributed by atoms with E-state index in [1.54, 1.807) is 21.0 Å². The van der Waals surface area contributed by atoms with Crippen molar-refractivity contribution in [3.05, 3.63) is 33.2 Å². The number of hydrogen-bond donors (Lipinski definition) is 1. The first-order chi connectivity index (χ1) is 9.45. The molecule has 0 fully saturated rings. The highest BCUT2D eigenvalue weighted by Gasteiger charge is 2.25. The van der Waals surface area contributed by atoms with E-state index >= 15 is 0 Å². The van der Waals surface area contributed by atoms with Crippen molar-refractivity contribution in [2.75, 3.05) is 13.7 Å². The molecule has 4 heteroatoms. The van der Waals surface area contributed by atoms with Gasteiger partial charge in [-0.1, -0.05) is 0 Å². The molecule has 1 aromatic heterocycles. The van der Waals surface area contributed by atoms with E-state index in [9.17, 15) is 9.90 Å². The normalized spacial score (nSPS) is 15.2. The fourth-order valence-corrected chi connectivity index (χ4v) is 2.92. The van der Waals surface area contributed by atoms with Gasteiger partial charge in [0.05, 0.1) is 5.60 Å². The molecule has 20 heavy (non-hydrogen) atoms. The van der Waals surface area contributed by atoms with Crippen molar-refractivity contribution in [1.29, 1.82) is 0 Å². The number of nitrogens with zero attached hydrogens (tertiary/aromatic N) is 1. The van der Waals surface area contributed by atoms with Crippen molar-refractivity contribution in [3.8, 4) is 0 Å². The average Bonchev–Trinajstić information content (AvgIpc) is 2.39. The number of pyridine rings is 1. The molecule has 0 saturated heterocycles. The summed E-state index contributed by atoms with van der Waals surface area (Å²) in [6, 6.07) is 1.92. The lowest BCUT2D eigenvalue weighted by atomic mass is 9.90. The molecule has 0 unspecified atom stereocenters. The van der Waals surface area contributed by atoms with Crippen LogP contribution in [0, 0.1) is 0 Å². The van der Waals surface area contributed by atoms with Gasteiger partial charge in [0, 0.05) is 31.5 Å². The zero-order chi connectivity index (χ0) is 14.8. The van der Waals surface area contributed by atoms with Crippen molar-refractivity contribution in [2.24, 2.45) is 0 Å². The fraction of sp³-hybridized carbons (Fsp3) is 0.688. The standard InChI is InChI=1S/C16H25NO3/c1-16(2,19)13-11-12-7-4-5-8-14(12)17(15(13)18)9-6-10-20-3/h11,19H,4-10H2,1-3H3. The second-order valence-corrected chi connectivity index (χ2v) is 6.10. The first kappa shape index (κ1) is 15.3. The molecular formula is C16H25NO3. The monoisotopic (exact) mass is 279 g/mol. The van der Waals surface area contributed by atoms with Crippen molar-refractivity contribution in [2.45, 2.75) is 58.1 Å². The molecule has 1 aliphatic carbocycles. The van der Waals surface area contributed by atoms with Crippen LogP contribution in [0.25, 0.3) is 0 Å². The number of fused-ring (bicyclic) bond motifs is 1. The van der Waals surface area contributed by atoms with E-state index in [1.807, 2.05) is 10.6 Å². The smallest absolute Gasteiger partial charge is 0.256 e. The molecule has 0 atom stereocenters. The Balaban J connectivity index is 2.48. The molecule has 4 nitrogen and oxygen atoms in total. The second-order valence-electron chi connectivity index (χ2n) is 6.10. The molecule has 0 aromatic carbocycles. The first-order valence-electron chi connectivity index (χ1n) is 7.42. The van der Waals surface area contributed by atoms with Crippen LogP contribution < -0.4 is 5.56 Å². The fourth-order valence-electron chi connectivity index (χ4n) is 2.92. The predicted octanol–water partition coefficient (Wildman–Crippen LogP) is 1.99. The Hall–Kier alpha value is -1.13. The molecular weight excluding hydrogens is 254 g/mol. The number of aliphatic hydroxyl groups is 1. The minimum absolute atomic E-state index is 0.0470. The maximum absolute atomic E-state index is 12.6. The SMILES string of the molecule is COCCCn1c2c(cc(C(C)(C)O)c1=O)CCCC2. The van der Waals surface area contributed by atoms with E-state index in [1.165, 1.54) is 5.56 Å². The van der Waals surface area contributed by atoms with Gasteiger partial charge < -0.3 is 14.4 Å². The van der Waals surface area contributed by atoms with Crippen LogP contribution >= 0.6 is 0 Å². The van der Waals surface area contributed by atoms with E-state index in [2.05, 4.69) is 0 Å². The summed E-state index contributed by atoms with van der Waals surface area (Å²) in [7, 11) is 1.67. The average molecular weight is 279 g/mol. The summed E-state index contributed by atoms with van der Waals surface area (Å²) in [6.07, 6.45) is 5.08. The Morgan fingerprint density at radius 2 is 2.05 bits per heavy atom. The van der Waals surface area contributed by atoms with E-state index in [0.29, 0.717) is 18.7 Å². The largest absolute Gasteiger partial charge is 0.386 e. The zero-order valence-corrected chi connectivity index (χ0v) is 12.7. The first-order valence-corrected chi connectivity index (χ1v) is 7.42. The van der Waals surface area contributed by atoms with E-state index in [4.69, 9.17) is 4.74 Å². The molecule has 1 aliphatic rings. The van der Waals surface area contributed by atoms with Crippen molar-refractivity contribution in [1.82, 2.24) is 4.57 Å². The summed E-state index contributed by atoms with van der Waals surface area (Å²) in [5, 5.41) is 10.2. The minimum Gasteiger partial charge on any atom is -0.386 e. The third-order valence-corrected chi connectivity index (χ3v) is 3.99. The molecule has 0 radical (unpaired) electrons. The molecule has 1 heterocycles. The van der Waals surface area contributed by atoms with Gasteiger partial charge in [-0.15, -0.1) is 0 Å². The molecule has 1 N–H and O–H groups in total. The quantitative estimate of drug-likeness (QED) is 0.839. The summed E-state index contributed by atoms with van der Waals surface area (Å²) >= 11 is 0. The molecule has 0 aliphatic heterocycles.